The van der Waals surface area contributed by atoms with Crippen molar-refractivity contribution >= 4 is 29.5 Å². The van der Waals surface area contributed by atoms with Gasteiger partial charge in [0, 0.05) is 12.9 Å². The topological polar surface area (TPSA) is 84.9 Å². The molecule has 0 saturated carbocycles. The summed E-state index contributed by atoms with van der Waals surface area (Å²) >= 11 is 1.44. The highest BCUT2D eigenvalue weighted by molar-refractivity contribution is 8.00. The number of nitrogens with zero attached hydrogens (tertiary/aromatic N) is 1. The van der Waals surface area contributed by atoms with Crippen LogP contribution in [-0.4, -0.2) is 53.8 Å². The highest BCUT2D eigenvalue weighted by Crippen LogP contribution is 2.46. The standard InChI is InChI=1S/C18H20N2O5S/c1-11-10-26-17-18(25-3,16(23)20(17)14(11)15(22)24-2)19-13(21)9-12-7-5-4-6-8-12/h4-8,17H,9-10H2,1-3H3,(H,19,21)/t17-,18-/m0/s1. The van der Waals surface area contributed by atoms with Crippen LogP contribution < -0.4 is 5.32 Å². The number of fused-ring (bicyclic) bond motifs is 1. The molecular formula is C18H20N2O5S. The number of carbonyl (C=O) groups is 3. The number of nitrogens with one attached hydrogen (secondary N) is 1. The van der Waals surface area contributed by atoms with E-state index in [2.05, 4.69) is 5.32 Å². The molecule has 0 spiro atoms. The van der Waals surface area contributed by atoms with E-state index in [0.717, 1.165) is 11.1 Å². The lowest BCUT2D eigenvalue weighted by Gasteiger charge is -2.55. The molecule has 1 N–H and O–H groups in total. The van der Waals surface area contributed by atoms with Crippen LogP contribution in [0.3, 0.4) is 0 Å². The number of benzene rings is 1. The maximum Gasteiger partial charge on any atom is 0.354 e. The van der Waals surface area contributed by atoms with Crippen molar-refractivity contribution < 1.29 is 23.9 Å². The lowest BCUT2D eigenvalue weighted by Crippen LogP contribution is -2.80. The Labute approximate surface area is 155 Å². The largest absolute Gasteiger partial charge is 0.464 e. The van der Waals surface area contributed by atoms with Gasteiger partial charge in [-0.05, 0) is 18.1 Å². The van der Waals surface area contributed by atoms with Gasteiger partial charge >= 0.3 is 5.97 Å². The van der Waals surface area contributed by atoms with Gasteiger partial charge in [0.25, 0.3) is 11.6 Å². The first-order valence-electron chi connectivity index (χ1n) is 8.08. The zero-order valence-electron chi connectivity index (χ0n) is 14.8. The third kappa shape index (κ3) is 2.89. The minimum absolute atomic E-state index is 0.134. The zero-order chi connectivity index (χ0) is 18.9. The summed E-state index contributed by atoms with van der Waals surface area (Å²) < 4.78 is 10.2. The van der Waals surface area contributed by atoms with Crippen LogP contribution in [0.15, 0.2) is 41.6 Å². The fraction of sp³-hybridized carbons (Fsp3) is 0.389. The van der Waals surface area contributed by atoms with Gasteiger partial charge in [0.15, 0.2) is 0 Å². The molecule has 3 rings (SSSR count). The van der Waals surface area contributed by atoms with E-state index in [9.17, 15) is 14.4 Å². The Bertz CT molecular complexity index is 779. The molecule has 2 heterocycles. The van der Waals surface area contributed by atoms with Crippen molar-refractivity contribution in [2.45, 2.75) is 24.4 Å². The SMILES string of the molecule is COC(=O)C1=C(C)CS[C@@H]2N1C(=O)[C@]2(NC(=O)Cc1ccccc1)OC. The molecule has 0 aromatic heterocycles. The highest BCUT2D eigenvalue weighted by atomic mass is 32.2. The van der Waals surface area contributed by atoms with Crippen LogP contribution in [0.4, 0.5) is 0 Å². The van der Waals surface area contributed by atoms with Crippen molar-refractivity contribution in [1.82, 2.24) is 10.2 Å². The fourth-order valence-electron chi connectivity index (χ4n) is 3.15. The summed E-state index contributed by atoms with van der Waals surface area (Å²) in [6.45, 7) is 1.78. The average Bonchev–Trinajstić information content (AvgIpc) is 2.65. The molecule has 0 bridgehead atoms. The van der Waals surface area contributed by atoms with Crippen molar-refractivity contribution in [3.8, 4) is 0 Å². The highest BCUT2D eigenvalue weighted by Gasteiger charge is 2.66. The summed E-state index contributed by atoms with van der Waals surface area (Å²) in [7, 11) is 2.65. The van der Waals surface area contributed by atoms with E-state index in [0.29, 0.717) is 5.75 Å². The molecule has 7 nitrogen and oxygen atoms in total. The predicted octanol–water partition coefficient (Wildman–Crippen LogP) is 1.05. The second kappa shape index (κ2) is 7.13. The lowest BCUT2D eigenvalue weighted by atomic mass is 9.98. The number of esters is 1. The summed E-state index contributed by atoms with van der Waals surface area (Å²) in [5.41, 5.74) is 0.344. The Balaban J connectivity index is 1.80. The normalized spacial score (nSPS) is 24.7. The van der Waals surface area contributed by atoms with Crippen LogP contribution in [0.2, 0.25) is 0 Å². The Morgan fingerprint density at radius 3 is 2.62 bits per heavy atom. The zero-order valence-corrected chi connectivity index (χ0v) is 15.6. The summed E-state index contributed by atoms with van der Waals surface area (Å²) in [6, 6.07) is 9.23. The molecule has 0 unspecified atom stereocenters. The Hall–Kier alpha value is -2.32. The summed E-state index contributed by atoms with van der Waals surface area (Å²) in [4.78, 5) is 38.7. The van der Waals surface area contributed by atoms with Crippen LogP contribution >= 0.6 is 11.8 Å². The number of rotatable bonds is 5. The van der Waals surface area contributed by atoms with Crippen LogP contribution in [0, 0.1) is 0 Å². The monoisotopic (exact) mass is 376 g/mol. The van der Waals surface area contributed by atoms with E-state index in [4.69, 9.17) is 9.47 Å². The van der Waals surface area contributed by atoms with Gasteiger partial charge in [0.1, 0.15) is 11.1 Å². The van der Waals surface area contributed by atoms with Crippen molar-refractivity contribution in [2.24, 2.45) is 0 Å². The van der Waals surface area contributed by atoms with E-state index in [1.807, 2.05) is 30.3 Å². The third-order valence-corrected chi connectivity index (χ3v) is 5.91. The van der Waals surface area contributed by atoms with Crippen molar-refractivity contribution in [3.63, 3.8) is 0 Å². The molecule has 1 aromatic rings. The minimum Gasteiger partial charge on any atom is -0.464 e. The van der Waals surface area contributed by atoms with Crippen LogP contribution in [0.1, 0.15) is 12.5 Å². The smallest absolute Gasteiger partial charge is 0.354 e. The first kappa shape index (κ1) is 18.5. The molecular weight excluding hydrogens is 356 g/mol. The fourth-order valence-corrected chi connectivity index (χ4v) is 4.54. The van der Waals surface area contributed by atoms with E-state index < -0.39 is 23.0 Å². The Morgan fingerprint density at radius 1 is 1.31 bits per heavy atom. The minimum atomic E-state index is -1.48. The second-order valence-electron chi connectivity index (χ2n) is 6.11. The van der Waals surface area contributed by atoms with Crippen molar-refractivity contribution in [1.29, 1.82) is 0 Å². The molecule has 2 atom stereocenters. The number of β-lactam (4-membered cyclic amide) rings is 1. The van der Waals surface area contributed by atoms with Crippen LogP contribution in [-0.2, 0) is 30.3 Å². The summed E-state index contributed by atoms with van der Waals surface area (Å²) in [5, 5.41) is 2.21. The molecule has 0 radical (unpaired) electrons. The van der Waals surface area contributed by atoms with Crippen LogP contribution in [0.25, 0.3) is 0 Å². The average molecular weight is 376 g/mol. The van der Waals surface area contributed by atoms with Crippen LogP contribution in [0.5, 0.6) is 0 Å². The molecule has 138 valence electrons. The third-order valence-electron chi connectivity index (χ3n) is 4.45. The Morgan fingerprint density at radius 2 is 2.00 bits per heavy atom. The van der Waals surface area contributed by atoms with E-state index in [-0.39, 0.29) is 18.0 Å². The van der Waals surface area contributed by atoms with Gasteiger partial charge in [-0.3, -0.25) is 14.5 Å². The van der Waals surface area contributed by atoms with Gasteiger partial charge in [-0.15, -0.1) is 11.8 Å². The van der Waals surface area contributed by atoms with Gasteiger partial charge in [-0.2, -0.15) is 0 Å². The summed E-state index contributed by atoms with van der Waals surface area (Å²) in [6.07, 6.45) is 0.134. The maximum absolute atomic E-state index is 12.8. The molecule has 2 amide bonds. The first-order valence-corrected chi connectivity index (χ1v) is 9.13. The molecule has 1 fully saturated rings. The molecule has 8 heteroatoms. The molecule has 2 aliphatic rings. The molecule has 1 saturated heterocycles. The second-order valence-corrected chi connectivity index (χ2v) is 7.18. The maximum atomic E-state index is 12.8. The van der Waals surface area contributed by atoms with E-state index >= 15 is 0 Å². The summed E-state index contributed by atoms with van der Waals surface area (Å²) in [5.74, 6) is -0.823. The number of carbonyl (C=O) groups excluding carboxylic acids is 3. The number of hydrogen-bond acceptors (Lipinski definition) is 6. The lowest BCUT2D eigenvalue weighted by molar-refractivity contribution is -0.192. The van der Waals surface area contributed by atoms with Crippen molar-refractivity contribution in [2.75, 3.05) is 20.0 Å². The van der Waals surface area contributed by atoms with E-state index in [1.165, 1.54) is 30.9 Å². The molecule has 26 heavy (non-hydrogen) atoms. The molecule has 0 aliphatic carbocycles. The van der Waals surface area contributed by atoms with Gasteiger partial charge < -0.3 is 14.8 Å². The molecule has 2 aliphatic heterocycles. The van der Waals surface area contributed by atoms with Gasteiger partial charge in [0.05, 0.1) is 13.5 Å². The number of ether oxygens (including phenoxy) is 2. The van der Waals surface area contributed by atoms with Gasteiger partial charge in [-0.25, -0.2) is 4.79 Å². The first-order chi connectivity index (χ1) is 12.4. The van der Waals surface area contributed by atoms with E-state index in [1.54, 1.807) is 6.92 Å². The van der Waals surface area contributed by atoms with Gasteiger partial charge in [0.2, 0.25) is 5.91 Å². The van der Waals surface area contributed by atoms with Crippen molar-refractivity contribution in [3.05, 3.63) is 47.2 Å². The number of amides is 2. The van der Waals surface area contributed by atoms with Gasteiger partial charge in [-0.1, -0.05) is 30.3 Å². The Kier molecular flexibility index (Phi) is 5.06. The molecule has 1 aromatic carbocycles. The number of thioether (sulfide) groups is 1. The number of hydrogen-bond donors (Lipinski definition) is 1. The quantitative estimate of drug-likeness (QED) is 0.470. The number of methoxy groups -OCH3 is 2. The predicted molar refractivity (Wildman–Crippen MR) is 95.8 cm³/mol.